The van der Waals surface area contributed by atoms with E-state index < -0.39 is 17.7 Å². The maximum atomic E-state index is 13.5. The van der Waals surface area contributed by atoms with Crippen molar-refractivity contribution in [1.29, 1.82) is 0 Å². The second-order valence-electron chi connectivity index (χ2n) is 15.8. The number of carboxylic acid groups (broad SMARTS) is 1. The van der Waals surface area contributed by atoms with Crippen LogP contribution in [0.25, 0.3) is 0 Å². The fraction of sp³-hybridized carbons (Fsp3) is 0.651. The summed E-state index contributed by atoms with van der Waals surface area (Å²) in [6.07, 6.45) is -2.25. The number of carbonyl (C=O) groups excluding carboxylic acids is 2. The molecule has 2 N–H and O–H groups in total. The van der Waals surface area contributed by atoms with Crippen LogP contribution in [0.2, 0.25) is 0 Å². The highest BCUT2D eigenvalue weighted by molar-refractivity contribution is 5.80. The standard InChI is InChI=1S/C43H65F3N6O7/c1-34-27-35(29-37(28-34)43(44,45)46)33-59-39-12-7-14-52(42(39)36-9-5-4-6-10-36)30-38(53)11-8-23-57-25-26-58-24-13-47-40(54)31-50-19-15-48(2)17-21-51(32-41(55)56)22-18-49(3)16-20-50/h4-6,9-10,27-29,39,42H,7-8,11-26,30-33H2,1-3H3,(H,47,54)(H,55,56)/t39-,42-/m0/s1. The van der Waals surface area contributed by atoms with Gasteiger partial charge in [-0.25, -0.2) is 0 Å². The van der Waals surface area contributed by atoms with E-state index in [1.165, 1.54) is 0 Å². The maximum absolute atomic E-state index is 13.5. The van der Waals surface area contributed by atoms with Gasteiger partial charge in [0.25, 0.3) is 0 Å². The number of Topliss-reactive ketones (excluding diaryl/α,β-unsaturated/α-hetero) is 1. The molecule has 2 aliphatic rings. The first kappa shape index (κ1) is 48.2. The van der Waals surface area contributed by atoms with Crippen LogP contribution in [0.1, 0.15) is 54.0 Å². The number of piperidine rings is 1. The molecule has 0 aliphatic carbocycles. The second-order valence-corrected chi connectivity index (χ2v) is 15.8. The van der Waals surface area contributed by atoms with Gasteiger partial charge >= 0.3 is 12.1 Å². The van der Waals surface area contributed by atoms with Crippen LogP contribution < -0.4 is 5.32 Å². The molecule has 2 aliphatic heterocycles. The fourth-order valence-corrected chi connectivity index (χ4v) is 7.49. The number of ketones is 1. The van der Waals surface area contributed by atoms with E-state index in [-0.39, 0.29) is 50.1 Å². The Kier molecular flexibility index (Phi) is 20.7. The van der Waals surface area contributed by atoms with E-state index >= 15 is 0 Å². The first-order valence-electron chi connectivity index (χ1n) is 20.8. The first-order valence-corrected chi connectivity index (χ1v) is 20.8. The van der Waals surface area contributed by atoms with Gasteiger partial charge in [0.2, 0.25) is 5.91 Å². The van der Waals surface area contributed by atoms with Gasteiger partial charge in [0.1, 0.15) is 5.78 Å². The molecule has 59 heavy (non-hydrogen) atoms. The number of halogens is 3. The Balaban J connectivity index is 1.10. The molecule has 0 spiro atoms. The maximum Gasteiger partial charge on any atom is 0.416 e. The van der Waals surface area contributed by atoms with Crippen molar-refractivity contribution in [3.8, 4) is 0 Å². The van der Waals surface area contributed by atoms with Crippen LogP contribution in [0, 0.1) is 6.92 Å². The van der Waals surface area contributed by atoms with Gasteiger partial charge in [-0.15, -0.1) is 0 Å². The molecular formula is C43H65F3N6O7. The molecule has 13 nitrogen and oxygen atoms in total. The third-order valence-corrected chi connectivity index (χ3v) is 10.7. The average molecular weight is 835 g/mol. The van der Waals surface area contributed by atoms with Crippen LogP contribution in [-0.2, 0) is 41.4 Å². The third kappa shape index (κ3) is 18.4. The molecule has 0 unspecified atom stereocenters. The predicted octanol–water partition coefficient (Wildman–Crippen LogP) is 3.80. The van der Waals surface area contributed by atoms with E-state index in [0.29, 0.717) is 76.6 Å². The van der Waals surface area contributed by atoms with Crippen molar-refractivity contribution in [3.63, 3.8) is 0 Å². The lowest BCUT2D eigenvalue weighted by Gasteiger charge is -2.41. The van der Waals surface area contributed by atoms with Gasteiger partial charge < -0.3 is 34.4 Å². The number of hydrogen-bond acceptors (Lipinski definition) is 11. The molecular weight excluding hydrogens is 770 g/mol. The largest absolute Gasteiger partial charge is 0.480 e. The summed E-state index contributed by atoms with van der Waals surface area (Å²) in [5.41, 5.74) is 1.32. The summed E-state index contributed by atoms with van der Waals surface area (Å²) >= 11 is 0. The fourth-order valence-electron chi connectivity index (χ4n) is 7.49. The van der Waals surface area contributed by atoms with Crippen LogP contribution in [-0.4, -0.2) is 179 Å². The minimum absolute atomic E-state index is 0.0337. The first-order chi connectivity index (χ1) is 28.3. The Labute approximate surface area is 347 Å². The molecule has 330 valence electrons. The number of likely N-dealkylation sites (N-methyl/N-ethyl adjacent to an activating group) is 2. The molecule has 4 rings (SSSR count). The Bertz CT molecular complexity index is 1550. The predicted molar refractivity (Wildman–Crippen MR) is 219 cm³/mol. The topological polar surface area (TPSA) is 127 Å². The van der Waals surface area contributed by atoms with E-state index in [1.807, 2.05) is 49.3 Å². The molecule has 0 aromatic heterocycles. The van der Waals surface area contributed by atoms with Crippen molar-refractivity contribution in [2.45, 2.75) is 57.5 Å². The van der Waals surface area contributed by atoms with Gasteiger partial charge in [-0.2, -0.15) is 13.2 Å². The van der Waals surface area contributed by atoms with Crippen LogP contribution >= 0.6 is 0 Å². The summed E-state index contributed by atoms with van der Waals surface area (Å²) in [7, 11) is 4.03. The van der Waals surface area contributed by atoms with Gasteiger partial charge in [-0.05, 0) is 70.1 Å². The number of hydrogen-bond donors (Lipinski definition) is 2. The van der Waals surface area contributed by atoms with E-state index in [1.54, 1.807) is 13.0 Å². The van der Waals surface area contributed by atoms with Crippen LogP contribution in [0.5, 0.6) is 0 Å². The highest BCUT2D eigenvalue weighted by Gasteiger charge is 2.35. The van der Waals surface area contributed by atoms with E-state index in [9.17, 15) is 32.7 Å². The number of rotatable bonds is 20. The molecule has 2 aromatic rings. The van der Waals surface area contributed by atoms with Gasteiger partial charge in [0, 0.05) is 71.9 Å². The van der Waals surface area contributed by atoms with Crippen molar-refractivity contribution < 1.29 is 46.9 Å². The van der Waals surface area contributed by atoms with Crippen LogP contribution in [0.15, 0.2) is 48.5 Å². The number of carboxylic acids is 1. The zero-order chi connectivity index (χ0) is 42.6. The Morgan fingerprint density at radius 2 is 1.42 bits per heavy atom. The van der Waals surface area contributed by atoms with Crippen molar-refractivity contribution in [1.82, 2.24) is 29.8 Å². The number of benzene rings is 2. The highest BCUT2D eigenvalue weighted by Crippen LogP contribution is 2.35. The van der Waals surface area contributed by atoms with Crippen molar-refractivity contribution >= 4 is 17.7 Å². The number of aryl methyl sites for hydroxylation is 1. The number of nitrogens with zero attached hydrogens (tertiary/aromatic N) is 5. The quantitative estimate of drug-likeness (QED) is 0.189. The Morgan fingerprint density at radius 1 is 0.797 bits per heavy atom. The molecule has 2 saturated heterocycles. The second kappa shape index (κ2) is 25.3. The zero-order valence-electron chi connectivity index (χ0n) is 35.1. The SMILES string of the molecule is Cc1cc(CO[C@H]2CCCN(CC(=O)CCCOCCOCCNC(=O)CN3CCN(C)CCN(CC(=O)O)CCN(C)CC3)[C@H]2c2ccccc2)cc(C(F)(F)F)c1. The third-order valence-electron chi connectivity index (χ3n) is 10.7. The minimum Gasteiger partial charge on any atom is -0.480 e. The normalized spacial score (nSPS) is 20.2. The molecule has 0 radical (unpaired) electrons. The number of likely N-dealkylation sites (tertiary alicyclic amines) is 1. The van der Waals surface area contributed by atoms with E-state index in [4.69, 9.17) is 14.2 Å². The molecule has 2 aromatic carbocycles. The van der Waals surface area contributed by atoms with Gasteiger partial charge in [0.05, 0.1) is 63.8 Å². The highest BCUT2D eigenvalue weighted by atomic mass is 19.4. The monoisotopic (exact) mass is 834 g/mol. The Morgan fingerprint density at radius 3 is 2.05 bits per heavy atom. The van der Waals surface area contributed by atoms with Crippen molar-refractivity contribution in [2.75, 3.05) is 126 Å². The molecule has 2 atom stereocenters. The molecule has 2 heterocycles. The van der Waals surface area contributed by atoms with Crippen molar-refractivity contribution in [2.24, 2.45) is 0 Å². The smallest absolute Gasteiger partial charge is 0.416 e. The molecule has 16 heteroatoms. The Hall–Kier alpha value is -3.48. The number of amides is 1. The molecule has 0 saturated carbocycles. The van der Waals surface area contributed by atoms with Crippen molar-refractivity contribution in [3.05, 3.63) is 70.8 Å². The lowest BCUT2D eigenvalue weighted by atomic mass is 9.91. The molecule has 1 amide bonds. The molecule has 0 bridgehead atoms. The number of ether oxygens (including phenoxy) is 3. The number of aliphatic carboxylic acids is 1. The number of alkyl halides is 3. The van der Waals surface area contributed by atoms with E-state index in [2.05, 4.69) is 24.9 Å². The summed E-state index contributed by atoms with van der Waals surface area (Å²) < 4.78 is 58.0. The van der Waals surface area contributed by atoms with Gasteiger partial charge in [0.15, 0.2) is 0 Å². The lowest BCUT2D eigenvalue weighted by molar-refractivity contribution is -0.139. The van der Waals surface area contributed by atoms with E-state index in [0.717, 1.165) is 69.8 Å². The average Bonchev–Trinajstić information content (AvgIpc) is 3.19. The number of nitrogens with one attached hydrogen (secondary N) is 1. The summed E-state index contributed by atoms with van der Waals surface area (Å²) in [6, 6.07) is 13.6. The number of carbonyl (C=O) groups is 3. The lowest BCUT2D eigenvalue weighted by Crippen LogP contribution is -2.47. The summed E-state index contributed by atoms with van der Waals surface area (Å²) in [4.78, 5) is 47.7. The molecule has 2 fully saturated rings. The summed E-state index contributed by atoms with van der Waals surface area (Å²) in [6.45, 7) is 10.7. The van der Waals surface area contributed by atoms with Gasteiger partial charge in [-0.1, -0.05) is 42.0 Å². The van der Waals surface area contributed by atoms with Crippen LogP contribution in [0.4, 0.5) is 13.2 Å². The van der Waals surface area contributed by atoms with Gasteiger partial charge in [-0.3, -0.25) is 29.1 Å². The zero-order valence-corrected chi connectivity index (χ0v) is 35.1. The summed E-state index contributed by atoms with van der Waals surface area (Å²) in [5, 5.41) is 12.2. The summed E-state index contributed by atoms with van der Waals surface area (Å²) in [5.74, 6) is -0.790. The van der Waals surface area contributed by atoms with Crippen LogP contribution in [0.3, 0.4) is 0 Å². The minimum atomic E-state index is -4.43.